The molecule has 0 radical (unpaired) electrons. The third kappa shape index (κ3) is 2.81. The molecule has 0 aliphatic heterocycles. The summed E-state index contributed by atoms with van der Waals surface area (Å²) in [5, 5.41) is 4.71. The Labute approximate surface area is 129 Å². The van der Waals surface area contributed by atoms with E-state index in [9.17, 15) is 9.18 Å². The van der Waals surface area contributed by atoms with Crippen LogP contribution in [0.15, 0.2) is 65.1 Å². The van der Waals surface area contributed by atoms with E-state index in [4.69, 9.17) is 0 Å². The van der Waals surface area contributed by atoms with Gasteiger partial charge in [-0.3, -0.25) is 4.79 Å². The van der Waals surface area contributed by atoms with Crippen LogP contribution >= 0.6 is 15.9 Å². The molecule has 0 aliphatic carbocycles. The maximum atomic E-state index is 13.8. The fourth-order valence-corrected chi connectivity index (χ4v) is 2.53. The number of anilines is 1. The Morgan fingerprint density at radius 3 is 2.57 bits per heavy atom. The van der Waals surface area contributed by atoms with Crippen LogP contribution in [-0.2, 0) is 0 Å². The Morgan fingerprint density at radius 2 is 1.76 bits per heavy atom. The lowest BCUT2D eigenvalue weighted by Gasteiger charge is -2.09. The van der Waals surface area contributed by atoms with Crippen LogP contribution in [0.2, 0.25) is 0 Å². The van der Waals surface area contributed by atoms with E-state index >= 15 is 0 Å². The lowest BCUT2D eigenvalue weighted by Crippen LogP contribution is -2.13. The standard InChI is InChI=1S/C17H11BrFNO/c18-12-8-9-14(15(19)10-12)17(21)20-16-7-3-5-11-4-1-2-6-13(11)16/h1-10H,(H,20,21). The van der Waals surface area contributed by atoms with Gasteiger partial charge in [0.05, 0.1) is 5.56 Å². The van der Waals surface area contributed by atoms with Gasteiger partial charge in [0.2, 0.25) is 0 Å². The molecule has 0 saturated carbocycles. The largest absolute Gasteiger partial charge is 0.321 e. The van der Waals surface area contributed by atoms with E-state index < -0.39 is 11.7 Å². The van der Waals surface area contributed by atoms with Crippen molar-refractivity contribution < 1.29 is 9.18 Å². The molecule has 0 bridgehead atoms. The second kappa shape index (κ2) is 5.66. The summed E-state index contributed by atoms with van der Waals surface area (Å²) in [5.74, 6) is -1.02. The summed E-state index contributed by atoms with van der Waals surface area (Å²) >= 11 is 3.17. The molecule has 0 spiro atoms. The Hall–Kier alpha value is -2.20. The predicted molar refractivity (Wildman–Crippen MR) is 86.0 cm³/mol. The van der Waals surface area contributed by atoms with E-state index in [1.165, 1.54) is 12.1 Å². The molecular weight excluding hydrogens is 333 g/mol. The molecule has 3 rings (SSSR count). The predicted octanol–water partition coefficient (Wildman–Crippen LogP) is 4.99. The molecule has 4 heteroatoms. The van der Waals surface area contributed by atoms with E-state index in [2.05, 4.69) is 21.2 Å². The molecule has 0 saturated heterocycles. The van der Waals surface area contributed by atoms with Gasteiger partial charge < -0.3 is 5.32 Å². The van der Waals surface area contributed by atoms with Crippen LogP contribution in [0.1, 0.15) is 10.4 Å². The Morgan fingerprint density at radius 1 is 1.00 bits per heavy atom. The summed E-state index contributed by atoms with van der Waals surface area (Å²) in [6, 6.07) is 17.7. The van der Waals surface area contributed by atoms with Crippen molar-refractivity contribution >= 4 is 38.3 Å². The van der Waals surface area contributed by atoms with Crippen molar-refractivity contribution in [1.82, 2.24) is 0 Å². The van der Waals surface area contributed by atoms with Gasteiger partial charge >= 0.3 is 0 Å². The zero-order valence-corrected chi connectivity index (χ0v) is 12.5. The summed E-state index contributed by atoms with van der Waals surface area (Å²) < 4.78 is 14.4. The highest BCUT2D eigenvalue weighted by Gasteiger charge is 2.13. The topological polar surface area (TPSA) is 29.1 Å². The zero-order valence-electron chi connectivity index (χ0n) is 10.9. The fourth-order valence-electron chi connectivity index (χ4n) is 2.20. The van der Waals surface area contributed by atoms with E-state index in [0.29, 0.717) is 10.2 Å². The average molecular weight is 344 g/mol. The van der Waals surface area contributed by atoms with Gasteiger partial charge in [-0.25, -0.2) is 4.39 Å². The van der Waals surface area contributed by atoms with Gasteiger partial charge in [0, 0.05) is 15.5 Å². The van der Waals surface area contributed by atoms with Crippen molar-refractivity contribution in [3.8, 4) is 0 Å². The lowest BCUT2D eigenvalue weighted by atomic mass is 10.1. The molecule has 0 heterocycles. The minimum Gasteiger partial charge on any atom is -0.321 e. The number of fused-ring (bicyclic) bond motifs is 1. The number of hydrogen-bond donors (Lipinski definition) is 1. The summed E-state index contributed by atoms with van der Waals surface area (Å²) in [7, 11) is 0. The quantitative estimate of drug-likeness (QED) is 0.697. The summed E-state index contributed by atoms with van der Waals surface area (Å²) in [4.78, 5) is 12.2. The summed E-state index contributed by atoms with van der Waals surface area (Å²) in [5.41, 5.74) is 0.687. The highest BCUT2D eigenvalue weighted by atomic mass is 79.9. The third-order valence-electron chi connectivity index (χ3n) is 3.21. The van der Waals surface area contributed by atoms with Crippen molar-refractivity contribution in [3.63, 3.8) is 0 Å². The second-order valence-corrected chi connectivity index (χ2v) is 5.52. The molecule has 0 unspecified atom stereocenters. The SMILES string of the molecule is O=C(Nc1cccc2ccccc12)c1ccc(Br)cc1F. The minimum absolute atomic E-state index is 0.0196. The first-order chi connectivity index (χ1) is 10.1. The van der Waals surface area contributed by atoms with Crippen LogP contribution < -0.4 is 5.32 Å². The Kier molecular flexibility index (Phi) is 3.71. The van der Waals surface area contributed by atoms with Crippen molar-refractivity contribution in [2.75, 3.05) is 5.32 Å². The van der Waals surface area contributed by atoms with Crippen molar-refractivity contribution in [2.45, 2.75) is 0 Å². The van der Waals surface area contributed by atoms with Crippen molar-refractivity contribution in [2.24, 2.45) is 0 Å². The normalized spacial score (nSPS) is 10.6. The van der Waals surface area contributed by atoms with Crippen molar-refractivity contribution in [3.05, 3.63) is 76.5 Å². The molecule has 0 aliphatic rings. The van der Waals surface area contributed by atoms with Gasteiger partial charge in [-0.05, 0) is 29.7 Å². The van der Waals surface area contributed by atoms with Crippen LogP contribution in [0.3, 0.4) is 0 Å². The van der Waals surface area contributed by atoms with E-state index in [-0.39, 0.29) is 5.56 Å². The van der Waals surface area contributed by atoms with Gasteiger partial charge in [-0.1, -0.05) is 52.3 Å². The van der Waals surface area contributed by atoms with Crippen LogP contribution in [0, 0.1) is 5.82 Å². The maximum absolute atomic E-state index is 13.8. The molecule has 0 fully saturated rings. The molecule has 21 heavy (non-hydrogen) atoms. The molecule has 1 N–H and O–H groups in total. The molecule has 104 valence electrons. The summed E-state index contributed by atoms with van der Waals surface area (Å²) in [6.07, 6.45) is 0. The minimum atomic E-state index is -0.554. The number of amides is 1. The number of benzene rings is 3. The monoisotopic (exact) mass is 343 g/mol. The molecule has 0 aromatic heterocycles. The molecular formula is C17H11BrFNO. The van der Waals surface area contributed by atoms with E-state index in [0.717, 1.165) is 10.8 Å². The van der Waals surface area contributed by atoms with Gasteiger partial charge in [-0.15, -0.1) is 0 Å². The molecule has 0 atom stereocenters. The number of hydrogen-bond acceptors (Lipinski definition) is 1. The number of halogens is 2. The number of nitrogens with one attached hydrogen (secondary N) is 1. The molecule has 3 aromatic rings. The van der Waals surface area contributed by atoms with Crippen LogP contribution in [-0.4, -0.2) is 5.91 Å². The summed E-state index contributed by atoms with van der Waals surface area (Å²) in [6.45, 7) is 0. The van der Waals surface area contributed by atoms with Gasteiger partial charge in [-0.2, -0.15) is 0 Å². The highest BCUT2D eigenvalue weighted by molar-refractivity contribution is 9.10. The molecule has 1 amide bonds. The molecule has 2 nitrogen and oxygen atoms in total. The fraction of sp³-hybridized carbons (Fsp3) is 0. The lowest BCUT2D eigenvalue weighted by molar-refractivity contribution is 0.102. The number of rotatable bonds is 2. The van der Waals surface area contributed by atoms with Gasteiger partial charge in [0.25, 0.3) is 5.91 Å². The highest BCUT2D eigenvalue weighted by Crippen LogP contribution is 2.24. The number of carbonyl (C=O) groups is 1. The zero-order chi connectivity index (χ0) is 14.8. The van der Waals surface area contributed by atoms with Gasteiger partial charge in [0.15, 0.2) is 0 Å². The first kappa shape index (κ1) is 13.8. The van der Waals surface area contributed by atoms with Crippen LogP contribution in [0.25, 0.3) is 10.8 Å². The first-order valence-corrected chi connectivity index (χ1v) is 7.18. The number of carbonyl (C=O) groups excluding carboxylic acids is 1. The van der Waals surface area contributed by atoms with Crippen molar-refractivity contribution in [1.29, 1.82) is 0 Å². The first-order valence-electron chi connectivity index (χ1n) is 6.39. The Bertz CT molecular complexity index is 827. The average Bonchev–Trinajstić information content (AvgIpc) is 2.47. The Balaban J connectivity index is 1.97. The van der Waals surface area contributed by atoms with E-state index in [1.807, 2.05) is 36.4 Å². The smallest absolute Gasteiger partial charge is 0.258 e. The molecule has 3 aromatic carbocycles. The van der Waals surface area contributed by atoms with Crippen LogP contribution in [0.5, 0.6) is 0 Å². The van der Waals surface area contributed by atoms with E-state index in [1.54, 1.807) is 12.1 Å². The maximum Gasteiger partial charge on any atom is 0.258 e. The van der Waals surface area contributed by atoms with Crippen LogP contribution in [0.4, 0.5) is 10.1 Å². The third-order valence-corrected chi connectivity index (χ3v) is 3.71. The van der Waals surface area contributed by atoms with Gasteiger partial charge in [0.1, 0.15) is 5.82 Å². The second-order valence-electron chi connectivity index (χ2n) is 4.61.